The van der Waals surface area contributed by atoms with Gasteiger partial charge in [0.25, 0.3) is 0 Å². The van der Waals surface area contributed by atoms with Gasteiger partial charge in [0.1, 0.15) is 29.6 Å². The van der Waals surface area contributed by atoms with Gasteiger partial charge in [-0.25, -0.2) is 14.4 Å². The van der Waals surface area contributed by atoms with E-state index in [1.807, 2.05) is 30.3 Å². The molecule has 0 aliphatic rings. The summed E-state index contributed by atoms with van der Waals surface area (Å²) in [6.45, 7) is 10.4. The molecule has 2 aromatic carbocycles. The van der Waals surface area contributed by atoms with Gasteiger partial charge in [-0.1, -0.05) is 42.5 Å². The highest BCUT2D eigenvalue weighted by atomic mass is 16.6. The minimum Gasteiger partial charge on any atom is -0.480 e. The summed E-state index contributed by atoms with van der Waals surface area (Å²) in [5, 5.41) is 7.97. The lowest BCUT2D eigenvalue weighted by atomic mass is 10.1. The number of hydrogen-bond acceptors (Lipinski definition) is 8. The molecule has 0 aliphatic carbocycles. The second kappa shape index (κ2) is 15.5. The normalized spacial score (nSPS) is 12.0. The van der Waals surface area contributed by atoms with Crippen molar-refractivity contribution in [1.82, 2.24) is 10.6 Å². The number of carbonyl (C=O) groups excluding carboxylic acids is 4. The van der Waals surface area contributed by atoms with E-state index in [-0.39, 0.29) is 31.9 Å². The smallest absolute Gasteiger partial charge is 0.408 e. The molecule has 0 aromatic heterocycles. The van der Waals surface area contributed by atoms with E-state index in [2.05, 4.69) is 16.0 Å². The van der Waals surface area contributed by atoms with Crippen molar-refractivity contribution >= 4 is 29.8 Å². The van der Waals surface area contributed by atoms with Crippen LogP contribution in [-0.2, 0) is 30.4 Å². The standard InChI is InChI=1S/C30H41N3O8/c1-29(2,3)40-25(34)20-38-24-17-11-10-15-22(24)32-26(35)23(33-28(37)41-30(4,5)6)16-12-18-31-27(36)39-19-21-13-8-7-9-14-21/h7-11,13-15,17,23H,12,16,18-20H2,1-6H3,(H,31,36)(H,32,35)(H,33,37)/t23-/m0/s1. The summed E-state index contributed by atoms with van der Waals surface area (Å²) in [6, 6.07) is 14.9. The van der Waals surface area contributed by atoms with E-state index in [1.165, 1.54) is 0 Å². The summed E-state index contributed by atoms with van der Waals surface area (Å²) in [4.78, 5) is 49.8. The van der Waals surface area contributed by atoms with Crippen molar-refractivity contribution in [3.8, 4) is 5.75 Å². The highest BCUT2D eigenvalue weighted by molar-refractivity contribution is 5.97. The fourth-order valence-electron chi connectivity index (χ4n) is 3.41. The monoisotopic (exact) mass is 571 g/mol. The summed E-state index contributed by atoms with van der Waals surface area (Å²) in [5.74, 6) is -0.834. The van der Waals surface area contributed by atoms with Crippen molar-refractivity contribution in [1.29, 1.82) is 0 Å². The molecule has 2 rings (SSSR count). The number of para-hydroxylation sites is 2. The third kappa shape index (κ3) is 14.1. The highest BCUT2D eigenvalue weighted by Gasteiger charge is 2.25. The first-order valence-electron chi connectivity index (χ1n) is 13.4. The zero-order valence-corrected chi connectivity index (χ0v) is 24.6. The Balaban J connectivity index is 1.98. The maximum absolute atomic E-state index is 13.2. The van der Waals surface area contributed by atoms with Crippen LogP contribution in [0.25, 0.3) is 0 Å². The van der Waals surface area contributed by atoms with Crippen molar-refractivity contribution in [3.05, 3.63) is 60.2 Å². The molecule has 224 valence electrons. The molecule has 0 spiro atoms. The molecule has 3 amide bonds. The SMILES string of the molecule is CC(C)(C)OC(=O)COc1ccccc1NC(=O)[C@H](CCCNC(=O)OCc1ccccc1)NC(=O)OC(C)(C)C. The molecular weight excluding hydrogens is 530 g/mol. The van der Waals surface area contributed by atoms with Gasteiger partial charge in [0, 0.05) is 6.54 Å². The van der Waals surface area contributed by atoms with Crippen molar-refractivity contribution in [2.75, 3.05) is 18.5 Å². The van der Waals surface area contributed by atoms with Crippen LogP contribution in [0.1, 0.15) is 59.9 Å². The van der Waals surface area contributed by atoms with Gasteiger partial charge in [0.2, 0.25) is 5.91 Å². The number of nitrogens with one attached hydrogen (secondary N) is 3. The van der Waals surface area contributed by atoms with E-state index < -0.39 is 41.3 Å². The predicted molar refractivity (Wildman–Crippen MR) is 153 cm³/mol. The third-order valence-electron chi connectivity index (χ3n) is 5.07. The van der Waals surface area contributed by atoms with E-state index in [4.69, 9.17) is 18.9 Å². The van der Waals surface area contributed by atoms with Gasteiger partial charge in [0.15, 0.2) is 6.61 Å². The Morgan fingerprint density at radius 1 is 0.805 bits per heavy atom. The van der Waals surface area contributed by atoms with Gasteiger partial charge in [0.05, 0.1) is 5.69 Å². The number of amides is 3. The average molecular weight is 572 g/mol. The number of esters is 1. The van der Waals surface area contributed by atoms with Gasteiger partial charge in [-0.2, -0.15) is 0 Å². The number of anilines is 1. The van der Waals surface area contributed by atoms with Crippen LogP contribution in [0, 0.1) is 0 Å². The molecule has 0 saturated heterocycles. The second-order valence-electron chi connectivity index (χ2n) is 11.2. The molecule has 3 N–H and O–H groups in total. The van der Waals surface area contributed by atoms with Crippen LogP contribution in [0.15, 0.2) is 54.6 Å². The van der Waals surface area contributed by atoms with Gasteiger partial charge in [-0.3, -0.25) is 4.79 Å². The van der Waals surface area contributed by atoms with Crippen LogP contribution in [0.5, 0.6) is 5.75 Å². The summed E-state index contributed by atoms with van der Waals surface area (Å²) in [7, 11) is 0. The Bertz CT molecular complexity index is 1160. The van der Waals surface area contributed by atoms with Gasteiger partial charge >= 0.3 is 18.2 Å². The Morgan fingerprint density at radius 2 is 1.44 bits per heavy atom. The predicted octanol–water partition coefficient (Wildman–Crippen LogP) is 4.95. The summed E-state index contributed by atoms with van der Waals surface area (Å²) >= 11 is 0. The molecule has 41 heavy (non-hydrogen) atoms. The molecule has 0 aliphatic heterocycles. The minimum atomic E-state index is -0.995. The van der Waals surface area contributed by atoms with Gasteiger partial charge in [-0.05, 0) is 72.1 Å². The van der Waals surface area contributed by atoms with Crippen molar-refractivity contribution in [3.63, 3.8) is 0 Å². The van der Waals surface area contributed by atoms with Crippen LogP contribution >= 0.6 is 0 Å². The van der Waals surface area contributed by atoms with Crippen molar-refractivity contribution in [2.45, 2.75) is 78.2 Å². The maximum atomic E-state index is 13.2. The van der Waals surface area contributed by atoms with Crippen molar-refractivity contribution < 1.29 is 38.1 Å². The van der Waals surface area contributed by atoms with Crippen LogP contribution in [0.4, 0.5) is 15.3 Å². The summed E-state index contributed by atoms with van der Waals surface area (Å²) < 4.78 is 21.4. The lowest BCUT2D eigenvalue weighted by molar-refractivity contribution is -0.157. The van der Waals surface area contributed by atoms with Crippen molar-refractivity contribution in [2.24, 2.45) is 0 Å². The number of carbonyl (C=O) groups is 4. The second-order valence-corrected chi connectivity index (χ2v) is 11.2. The molecule has 0 unspecified atom stereocenters. The third-order valence-corrected chi connectivity index (χ3v) is 5.07. The zero-order valence-electron chi connectivity index (χ0n) is 24.6. The summed E-state index contributed by atoms with van der Waals surface area (Å²) in [6.07, 6.45) is -0.816. The van der Waals surface area contributed by atoms with E-state index in [0.29, 0.717) is 12.1 Å². The maximum Gasteiger partial charge on any atom is 0.408 e. The topological polar surface area (TPSA) is 141 Å². The first kappa shape index (κ1) is 32.9. The fourth-order valence-corrected chi connectivity index (χ4v) is 3.41. The molecule has 11 nitrogen and oxygen atoms in total. The molecule has 11 heteroatoms. The molecule has 0 radical (unpaired) electrons. The lowest BCUT2D eigenvalue weighted by Gasteiger charge is -2.24. The van der Waals surface area contributed by atoms with Crippen LogP contribution in [-0.4, -0.2) is 54.5 Å². The van der Waals surface area contributed by atoms with Crippen LogP contribution in [0.2, 0.25) is 0 Å². The lowest BCUT2D eigenvalue weighted by Crippen LogP contribution is -2.46. The van der Waals surface area contributed by atoms with Crippen LogP contribution in [0.3, 0.4) is 0 Å². The molecule has 1 atom stereocenters. The van der Waals surface area contributed by atoms with Crippen LogP contribution < -0.4 is 20.7 Å². The highest BCUT2D eigenvalue weighted by Crippen LogP contribution is 2.24. The summed E-state index contributed by atoms with van der Waals surface area (Å²) in [5.41, 5.74) is -0.268. The number of hydrogen-bond donors (Lipinski definition) is 3. The van der Waals surface area contributed by atoms with E-state index >= 15 is 0 Å². The number of rotatable bonds is 12. The zero-order chi connectivity index (χ0) is 30.5. The molecule has 0 fully saturated rings. The van der Waals surface area contributed by atoms with E-state index in [1.54, 1.807) is 65.8 Å². The molecule has 2 aromatic rings. The number of ether oxygens (including phenoxy) is 4. The Labute approximate surface area is 241 Å². The molecular formula is C30H41N3O8. The first-order valence-corrected chi connectivity index (χ1v) is 13.4. The quantitative estimate of drug-likeness (QED) is 0.185. The number of alkyl carbamates (subject to hydrolysis) is 2. The van der Waals surface area contributed by atoms with Gasteiger partial charge < -0.3 is 34.9 Å². The Hall–Kier alpha value is -4.28. The largest absolute Gasteiger partial charge is 0.480 e. The number of benzene rings is 2. The Morgan fingerprint density at radius 3 is 2.10 bits per heavy atom. The first-order chi connectivity index (χ1) is 19.2. The Kier molecular flexibility index (Phi) is 12.4. The fraction of sp³-hybridized carbons (Fsp3) is 0.467. The van der Waals surface area contributed by atoms with Gasteiger partial charge in [-0.15, -0.1) is 0 Å². The van der Waals surface area contributed by atoms with E-state index in [9.17, 15) is 19.2 Å². The molecule has 0 bridgehead atoms. The molecule has 0 saturated carbocycles. The molecule has 0 heterocycles. The minimum absolute atomic E-state index is 0.132. The average Bonchev–Trinajstić information content (AvgIpc) is 2.87. The van der Waals surface area contributed by atoms with E-state index in [0.717, 1.165) is 5.56 Å².